The van der Waals surface area contributed by atoms with Crippen LogP contribution in [0.15, 0.2) is 0 Å². The summed E-state index contributed by atoms with van der Waals surface area (Å²) >= 11 is 0. The van der Waals surface area contributed by atoms with Crippen molar-refractivity contribution in [3.05, 3.63) is 11.4 Å². The predicted molar refractivity (Wildman–Crippen MR) is 74.8 cm³/mol. The van der Waals surface area contributed by atoms with Gasteiger partial charge in [-0.1, -0.05) is 6.92 Å². The van der Waals surface area contributed by atoms with E-state index in [1.54, 1.807) is 0 Å². The molecule has 1 unspecified atom stereocenters. The quantitative estimate of drug-likeness (QED) is 0.855. The number of anilines is 1. The van der Waals surface area contributed by atoms with E-state index in [2.05, 4.69) is 29.1 Å². The van der Waals surface area contributed by atoms with Gasteiger partial charge < -0.3 is 14.8 Å². The summed E-state index contributed by atoms with van der Waals surface area (Å²) in [6, 6.07) is 0. The largest absolute Gasteiger partial charge is 0.471 e. The molecule has 0 spiro atoms. The molecule has 1 fully saturated rings. The lowest BCUT2D eigenvalue weighted by atomic mass is 10.2. The first-order chi connectivity index (χ1) is 9.24. The normalized spacial score (nSPS) is 18.6. The molecule has 1 N–H and O–H groups in total. The fourth-order valence-corrected chi connectivity index (χ4v) is 2.09. The van der Waals surface area contributed by atoms with E-state index in [1.165, 1.54) is 0 Å². The average Bonchev–Trinajstić information content (AvgIpc) is 2.88. The summed E-state index contributed by atoms with van der Waals surface area (Å²) in [5, 5.41) is 3.28. The molecule has 1 atom stereocenters. The number of aromatic nitrogens is 2. The third-order valence-electron chi connectivity index (χ3n) is 3.13. The molecule has 0 aromatic carbocycles. The highest BCUT2D eigenvalue weighted by Crippen LogP contribution is 2.25. The number of hydrogen-bond acceptors (Lipinski definition) is 5. The number of hydrogen-bond donors (Lipinski definition) is 1. The van der Waals surface area contributed by atoms with Crippen molar-refractivity contribution in [3.63, 3.8) is 0 Å². The number of nitrogens with one attached hydrogen (secondary N) is 1. The van der Waals surface area contributed by atoms with Crippen LogP contribution >= 0.6 is 0 Å². The molecule has 0 saturated carbocycles. The minimum Gasteiger partial charge on any atom is -0.471 e. The Hall–Kier alpha value is -1.36. The summed E-state index contributed by atoms with van der Waals surface area (Å²) < 4.78 is 11.3. The van der Waals surface area contributed by atoms with E-state index in [1.807, 2.05) is 6.92 Å². The minimum atomic E-state index is 0.123. The third kappa shape index (κ3) is 3.56. The molecule has 1 aromatic rings. The molecular formula is C14H23N3O2. The zero-order valence-electron chi connectivity index (χ0n) is 12.0. The van der Waals surface area contributed by atoms with Gasteiger partial charge in [0, 0.05) is 19.4 Å². The van der Waals surface area contributed by atoms with Crippen molar-refractivity contribution in [2.24, 2.45) is 0 Å². The van der Waals surface area contributed by atoms with Crippen molar-refractivity contribution in [3.8, 4) is 5.88 Å². The van der Waals surface area contributed by atoms with E-state index >= 15 is 0 Å². The van der Waals surface area contributed by atoms with Gasteiger partial charge in [-0.25, -0.2) is 4.98 Å². The van der Waals surface area contributed by atoms with Gasteiger partial charge in [-0.15, -0.1) is 0 Å². The van der Waals surface area contributed by atoms with Crippen LogP contribution in [0, 0.1) is 6.92 Å². The molecule has 5 nitrogen and oxygen atoms in total. The van der Waals surface area contributed by atoms with Gasteiger partial charge in [0.2, 0.25) is 5.88 Å². The van der Waals surface area contributed by atoms with E-state index in [4.69, 9.17) is 9.47 Å². The van der Waals surface area contributed by atoms with Crippen molar-refractivity contribution in [1.29, 1.82) is 0 Å². The molecule has 2 heterocycles. The summed E-state index contributed by atoms with van der Waals surface area (Å²) in [6.07, 6.45) is 2.96. The average molecular weight is 265 g/mol. The van der Waals surface area contributed by atoms with Gasteiger partial charge in [-0.2, -0.15) is 4.98 Å². The Bertz CT molecular complexity index is 417. The first-order valence-electron chi connectivity index (χ1n) is 7.10. The van der Waals surface area contributed by atoms with Crippen molar-refractivity contribution in [1.82, 2.24) is 9.97 Å². The van der Waals surface area contributed by atoms with E-state index in [-0.39, 0.29) is 6.10 Å². The van der Waals surface area contributed by atoms with E-state index < -0.39 is 0 Å². The van der Waals surface area contributed by atoms with Crippen molar-refractivity contribution in [2.45, 2.75) is 46.1 Å². The summed E-state index contributed by atoms with van der Waals surface area (Å²) in [5.74, 6) is 2.43. The summed E-state index contributed by atoms with van der Waals surface area (Å²) in [4.78, 5) is 9.09. The predicted octanol–water partition coefficient (Wildman–Crippen LogP) is 2.34. The zero-order valence-corrected chi connectivity index (χ0v) is 12.0. The first-order valence-corrected chi connectivity index (χ1v) is 7.10. The van der Waals surface area contributed by atoms with Crippen molar-refractivity contribution in [2.75, 3.05) is 25.1 Å². The lowest BCUT2D eigenvalue weighted by Gasteiger charge is -2.16. The van der Waals surface area contributed by atoms with Gasteiger partial charge in [0.15, 0.2) is 0 Å². The standard InChI is InChI=1S/C14H23N3O2/c1-4-6-12-16-13(15-5-2)10(3)14(17-12)19-11-7-8-18-9-11/h11H,4-9H2,1-3H3,(H,15,16,17). The molecule has 0 aliphatic carbocycles. The Morgan fingerprint density at radius 2 is 2.21 bits per heavy atom. The minimum absolute atomic E-state index is 0.123. The van der Waals surface area contributed by atoms with Crippen molar-refractivity contribution >= 4 is 5.82 Å². The SMILES string of the molecule is CCCc1nc(NCC)c(C)c(OC2CCOC2)n1. The lowest BCUT2D eigenvalue weighted by molar-refractivity contribution is 0.137. The Kier molecular flexibility index (Phi) is 4.96. The Labute approximate surface area is 114 Å². The maximum absolute atomic E-state index is 5.96. The van der Waals surface area contributed by atoms with Crippen LogP contribution in [0.3, 0.4) is 0 Å². The van der Waals surface area contributed by atoms with Crippen LogP contribution in [0.4, 0.5) is 5.82 Å². The molecule has 5 heteroatoms. The zero-order chi connectivity index (χ0) is 13.7. The monoisotopic (exact) mass is 265 g/mol. The number of aryl methyl sites for hydroxylation is 1. The van der Waals surface area contributed by atoms with Crippen LogP contribution in [0.5, 0.6) is 5.88 Å². The van der Waals surface area contributed by atoms with Gasteiger partial charge in [-0.05, 0) is 20.3 Å². The molecule has 0 radical (unpaired) electrons. The maximum atomic E-state index is 5.96. The molecule has 106 valence electrons. The van der Waals surface area contributed by atoms with E-state index in [9.17, 15) is 0 Å². The maximum Gasteiger partial charge on any atom is 0.222 e. The number of rotatable bonds is 6. The lowest BCUT2D eigenvalue weighted by Crippen LogP contribution is -2.18. The van der Waals surface area contributed by atoms with Crippen LogP contribution in [-0.2, 0) is 11.2 Å². The Morgan fingerprint density at radius 1 is 1.37 bits per heavy atom. The number of nitrogens with zero attached hydrogens (tertiary/aromatic N) is 2. The molecule has 1 saturated heterocycles. The number of ether oxygens (including phenoxy) is 2. The molecule has 1 aliphatic rings. The van der Waals surface area contributed by atoms with Gasteiger partial charge >= 0.3 is 0 Å². The fraction of sp³-hybridized carbons (Fsp3) is 0.714. The fourth-order valence-electron chi connectivity index (χ4n) is 2.09. The summed E-state index contributed by atoms with van der Waals surface area (Å²) in [7, 11) is 0. The topological polar surface area (TPSA) is 56.3 Å². The third-order valence-corrected chi connectivity index (χ3v) is 3.13. The van der Waals surface area contributed by atoms with Crippen molar-refractivity contribution < 1.29 is 9.47 Å². The molecule has 0 amide bonds. The van der Waals surface area contributed by atoms with Crippen LogP contribution in [0.2, 0.25) is 0 Å². The molecule has 1 aliphatic heterocycles. The van der Waals surface area contributed by atoms with E-state index in [0.29, 0.717) is 12.5 Å². The van der Waals surface area contributed by atoms with Gasteiger partial charge in [0.05, 0.1) is 18.8 Å². The second-order valence-corrected chi connectivity index (χ2v) is 4.80. The second kappa shape index (κ2) is 6.70. The van der Waals surface area contributed by atoms with E-state index in [0.717, 1.165) is 49.6 Å². The second-order valence-electron chi connectivity index (χ2n) is 4.80. The highest BCUT2D eigenvalue weighted by molar-refractivity contribution is 5.48. The summed E-state index contributed by atoms with van der Waals surface area (Å²) in [5.41, 5.74) is 0.980. The smallest absolute Gasteiger partial charge is 0.222 e. The highest BCUT2D eigenvalue weighted by atomic mass is 16.5. The van der Waals surface area contributed by atoms with Crippen LogP contribution in [-0.4, -0.2) is 35.8 Å². The highest BCUT2D eigenvalue weighted by Gasteiger charge is 2.20. The Morgan fingerprint density at radius 3 is 2.84 bits per heavy atom. The molecular weight excluding hydrogens is 242 g/mol. The molecule has 0 bridgehead atoms. The van der Waals surface area contributed by atoms with Gasteiger partial charge in [0.25, 0.3) is 0 Å². The van der Waals surface area contributed by atoms with Gasteiger partial charge in [0.1, 0.15) is 17.7 Å². The molecule has 2 rings (SSSR count). The molecule has 1 aromatic heterocycles. The van der Waals surface area contributed by atoms with Crippen LogP contribution < -0.4 is 10.1 Å². The summed E-state index contributed by atoms with van der Waals surface area (Å²) in [6.45, 7) is 8.46. The Balaban J connectivity index is 2.22. The van der Waals surface area contributed by atoms with Gasteiger partial charge in [-0.3, -0.25) is 0 Å². The van der Waals surface area contributed by atoms with Crippen LogP contribution in [0.1, 0.15) is 38.1 Å². The van der Waals surface area contributed by atoms with Crippen LogP contribution in [0.25, 0.3) is 0 Å². The molecule has 19 heavy (non-hydrogen) atoms. The first kappa shape index (κ1) is 14.1.